The minimum Gasteiger partial charge on any atom is -0.486 e. The lowest BCUT2D eigenvalue weighted by Crippen LogP contribution is -2.15. The number of ether oxygens (including phenoxy) is 2. The van der Waals surface area contributed by atoms with Crippen molar-refractivity contribution in [2.24, 2.45) is 0 Å². The van der Waals surface area contributed by atoms with Gasteiger partial charge in [-0.3, -0.25) is 0 Å². The zero-order valence-corrected chi connectivity index (χ0v) is 14.7. The van der Waals surface area contributed by atoms with E-state index in [4.69, 9.17) is 9.47 Å². The molecule has 0 radical (unpaired) electrons. The molecule has 4 rings (SSSR count). The smallest absolute Gasteiger partial charge is 0.163 e. The predicted molar refractivity (Wildman–Crippen MR) is 102 cm³/mol. The lowest BCUT2D eigenvalue weighted by molar-refractivity contribution is 0.171. The van der Waals surface area contributed by atoms with Crippen LogP contribution in [0.2, 0.25) is 0 Å². The Balaban J connectivity index is 1.58. The largest absolute Gasteiger partial charge is 0.486 e. The Morgan fingerprint density at radius 3 is 2.48 bits per heavy atom. The number of aryl methyl sites for hydroxylation is 1. The van der Waals surface area contributed by atoms with E-state index in [1.807, 2.05) is 43.3 Å². The molecule has 0 bridgehead atoms. The van der Waals surface area contributed by atoms with E-state index >= 15 is 0 Å². The van der Waals surface area contributed by atoms with Gasteiger partial charge in [-0.25, -0.2) is 9.97 Å². The molecule has 1 aliphatic rings. The molecule has 7 heteroatoms. The summed E-state index contributed by atoms with van der Waals surface area (Å²) < 4.78 is 11.2. The number of fused-ring (bicyclic) bond motifs is 1. The van der Waals surface area contributed by atoms with E-state index < -0.39 is 0 Å². The Morgan fingerprint density at radius 1 is 0.926 bits per heavy atom. The molecule has 0 saturated carbocycles. The summed E-state index contributed by atoms with van der Waals surface area (Å²) in [4.78, 5) is 8.83. The number of hydrogen-bond donors (Lipinski definition) is 2. The highest BCUT2D eigenvalue weighted by atomic mass is 16.6. The third-order valence-electron chi connectivity index (χ3n) is 3.96. The highest BCUT2D eigenvalue weighted by Crippen LogP contribution is 2.33. The van der Waals surface area contributed by atoms with Crippen molar-refractivity contribution in [1.29, 1.82) is 5.26 Å². The number of aromatic nitrogens is 2. The summed E-state index contributed by atoms with van der Waals surface area (Å²) in [5.41, 5.74) is 2.08. The fourth-order valence-electron chi connectivity index (χ4n) is 2.79. The van der Waals surface area contributed by atoms with Crippen molar-refractivity contribution < 1.29 is 9.47 Å². The maximum atomic E-state index is 9.24. The van der Waals surface area contributed by atoms with Gasteiger partial charge in [-0.1, -0.05) is 12.1 Å². The molecule has 3 aromatic rings. The van der Waals surface area contributed by atoms with Crippen molar-refractivity contribution in [2.45, 2.75) is 6.92 Å². The average molecular weight is 359 g/mol. The molecule has 1 aliphatic heterocycles. The molecule has 0 atom stereocenters. The summed E-state index contributed by atoms with van der Waals surface area (Å²) in [5.74, 6) is 3.29. The summed E-state index contributed by atoms with van der Waals surface area (Å²) in [7, 11) is 0. The monoisotopic (exact) mass is 359 g/mol. The fraction of sp³-hybridized carbons (Fsp3) is 0.150. The molecule has 0 fully saturated rings. The number of nitrogens with one attached hydrogen (secondary N) is 2. The minimum atomic E-state index is 0.537. The van der Waals surface area contributed by atoms with Crippen molar-refractivity contribution >= 4 is 23.0 Å². The second-order valence-electron chi connectivity index (χ2n) is 5.95. The molecule has 2 heterocycles. The first kappa shape index (κ1) is 16.7. The molecule has 0 aliphatic carbocycles. The quantitative estimate of drug-likeness (QED) is 0.729. The maximum Gasteiger partial charge on any atom is 0.163 e. The summed E-state index contributed by atoms with van der Waals surface area (Å²) in [6, 6.07) is 16.9. The number of para-hydroxylation sites is 1. The van der Waals surface area contributed by atoms with Crippen LogP contribution < -0.4 is 20.1 Å². The molecule has 2 aromatic carbocycles. The summed E-state index contributed by atoms with van der Waals surface area (Å²) >= 11 is 0. The zero-order valence-electron chi connectivity index (χ0n) is 14.7. The van der Waals surface area contributed by atoms with Gasteiger partial charge in [-0.2, -0.15) is 5.26 Å². The van der Waals surface area contributed by atoms with Gasteiger partial charge >= 0.3 is 0 Å². The van der Waals surface area contributed by atoms with E-state index in [1.165, 1.54) is 0 Å². The number of benzene rings is 2. The molecular weight excluding hydrogens is 342 g/mol. The molecule has 1 aromatic heterocycles. The Labute approximate surface area is 156 Å². The topological polar surface area (TPSA) is 92.1 Å². The van der Waals surface area contributed by atoms with Gasteiger partial charge < -0.3 is 20.1 Å². The molecule has 0 spiro atoms. The van der Waals surface area contributed by atoms with E-state index in [9.17, 15) is 5.26 Å². The zero-order chi connectivity index (χ0) is 18.6. The first-order valence-corrected chi connectivity index (χ1v) is 8.50. The van der Waals surface area contributed by atoms with Crippen LogP contribution in [0.25, 0.3) is 0 Å². The normalized spacial score (nSPS) is 12.1. The molecule has 0 saturated heterocycles. The first-order valence-electron chi connectivity index (χ1n) is 8.50. The number of anilines is 4. The second-order valence-corrected chi connectivity index (χ2v) is 5.95. The van der Waals surface area contributed by atoms with Gasteiger partial charge in [0.05, 0.1) is 11.3 Å². The fourth-order valence-corrected chi connectivity index (χ4v) is 2.79. The van der Waals surface area contributed by atoms with E-state index in [-0.39, 0.29) is 0 Å². The van der Waals surface area contributed by atoms with Crippen LogP contribution in [0.4, 0.5) is 23.0 Å². The molecule has 0 amide bonds. The van der Waals surface area contributed by atoms with Crippen LogP contribution in [0.1, 0.15) is 11.4 Å². The second kappa shape index (κ2) is 7.22. The minimum absolute atomic E-state index is 0.537. The van der Waals surface area contributed by atoms with Crippen molar-refractivity contribution in [3.8, 4) is 17.6 Å². The van der Waals surface area contributed by atoms with Gasteiger partial charge in [0, 0.05) is 17.8 Å². The number of nitriles is 1. The van der Waals surface area contributed by atoms with Crippen molar-refractivity contribution in [2.75, 3.05) is 23.8 Å². The molecule has 134 valence electrons. The van der Waals surface area contributed by atoms with E-state index in [2.05, 4.69) is 26.7 Å². The highest BCUT2D eigenvalue weighted by molar-refractivity contribution is 5.68. The average Bonchev–Trinajstić information content (AvgIpc) is 2.68. The standard InChI is InChI=1S/C20H17N5O2/c1-13-22-19(24-15-6-7-17-18(10-15)27-9-8-26-17)11-20(23-13)25-16-5-3-2-4-14(16)12-21/h2-7,10-11H,8-9H2,1H3,(H2,22,23,24,25). The van der Waals surface area contributed by atoms with Crippen LogP contribution in [0.5, 0.6) is 11.5 Å². The lowest BCUT2D eigenvalue weighted by atomic mass is 10.2. The van der Waals surface area contributed by atoms with Crippen molar-refractivity contribution in [1.82, 2.24) is 9.97 Å². The van der Waals surface area contributed by atoms with Gasteiger partial charge in [0.15, 0.2) is 11.5 Å². The Kier molecular flexibility index (Phi) is 4.45. The number of hydrogen-bond acceptors (Lipinski definition) is 7. The highest BCUT2D eigenvalue weighted by Gasteiger charge is 2.12. The van der Waals surface area contributed by atoms with E-state index in [1.54, 1.807) is 12.1 Å². The van der Waals surface area contributed by atoms with Crippen LogP contribution in [0.3, 0.4) is 0 Å². The van der Waals surface area contributed by atoms with Crippen LogP contribution in [0, 0.1) is 18.3 Å². The van der Waals surface area contributed by atoms with Gasteiger partial charge in [0.25, 0.3) is 0 Å². The van der Waals surface area contributed by atoms with Crippen LogP contribution >= 0.6 is 0 Å². The molecular formula is C20H17N5O2. The van der Waals surface area contributed by atoms with Gasteiger partial charge in [0.1, 0.15) is 36.7 Å². The van der Waals surface area contributed by atoms with Crippen molar-refractivity contribution in [3.05, 3.63) is 59.9 Å². The number of nitrogens with zero attached hydrogens (tertiary/aromatic N) is 3. The van der Waals surface area contributed by atoms with E-state index in [0.29, 0.717) is 47.7 Å². The summed E-state index contributed by atoms with van der Waals surface area (Å²) in [6.07, 6.45) is 0. The van der Waals surface area contributed by atoms with Crippen LogP contribution in [-0.4, -0.2) is 23.2 Å². The van der Waals surface area contributed by atoms with Gasteiger partial charge in [-0.15, -0.1) is 0 Å². The molecule has 2 N–H and O–H groups in total. The molecule has 0 unspecified atom stereocenters. The first-order chi connectivity index (χ1) is 13.2. The lowest BCUT2D eigenvalue weighted by Gasteiger charge is -2.19. The molecule has 7 nitrogen and oxygen atoms in total. The SMILES string of the molecule is Cc1nc(Nc2ccc3c(c2)OCCO3)cc(Nc2ccccc2C#N)n1. The Hall–Kier alpha value is -3.79. The summed E-state index contributed by atoms with van der Waals surface area (Å²) in [5, 5.41) is 15.7. The third-order valence-corrected chi connectivity index (χ3v) is 3.96. The maximum absolute atomic E-state index is 9.24. The summed E-state index contributed by atoms with van der Waals surface area (Å²) in [6.45, 7) is 2.91. The third kappa shape index (κ3) is 3.75. The van der Waals surface area contributed by atoms with Gasteiger partial charge in [-0.05, 0) is 31.2 Å². The van der Waals surface area contributed by atoms with E-state index in [0.717, 1.165) is 11.4 Å². The van der Waals surface area contributed by atoms with Gasteiger partial charge in [0.2, 0.25) is 0 Å². The Bertz CT molecular complexity index is 1030. The predicted octanol–water partition coefficient (Wildman–Crippen LogP) is 3.92. The Morgan fingerprint density at radius 2 is 1.67 bits per heavy atom. The number of rotatable bonds is 4. The van der Waals surface area contributed by atoms with Crippen LogP contribution in [-0.2, 0) is 0 Å². The van der Waals surface area contributed by atoms with Crippen molar-refractivity contribution in [3.63, 3.8) is 0 Å². The van der Waals surface area contributed by atoms with Crippen LogP contribution in [0.15, 0.2) is 48.5 Å². The molecule has 27 heavy (non-hydrogen) atoms.